The summed E-state index contributed by atoms with van der Waals surface area (Å²) in [6, 6.07) is 0. The van der Waals surface area contributed by atoms with Gasteiger partial charge in [-0.05, 0) is 31.2 Å². The summed E-state index contributed by atoms with van der Waals surface area (Å²) in [6.45, 7) is 2.34. The largest absolute Gasteiger partial charge is 0.330 e. The lowest BCUT2D eigenvalue weighted by molar-refractivity contribution is 0.499. The summed E-state index contributed by atoms with van der Waals surface area (Å²) >= 11 is 0. The van der Waals surface area contributed by atoms with E-state index in [1.165, 1.54) is 0 Å². The van der Waals surface area contributed by atoms with Crippen LogP contribution in [-0.4, -0.2) is 26.5 Å². The van der Waals surface area contributed by atoms with E-state index in [0.29, 0.717) is 12.3 Å². The molecule has 0 spiro atoms. The summed E-state index contributed by atoms with van der Waals surface area (Å²) in [7, 11) is -2.78. The molecular formula is C8H17NO2S. The van der Waals surface area contributed by atoms with Crippen molar-refractivity contribution in [2.24, 2.45) is 11.1 Å². The fourth-order valence-electron chi connectivity index (χ4n) is 1.25. The van der Waals surface area contributed by atoms with Gasteiger partial charge >= 0.3 is 0 Å². The van der Waals surface area contributed by atoms with Crippen molar-refractivity contribution in [1.29, 1.82) is 0 Å². The lowest BCUT2D eigenvalue weighted by atomic mass is 10.1. The average molecular weight is 191 g/mol. The van der Waals surface area contributed by atoms with Crippen molar-refractivity contribution in [3.8, 4) is 0 Å². The van der Waals surface area contributed by atoms with Gasteiger partial charge in [0.1, 0.15) is 9.84 Å². The van der Waals surface area contributed by atoms with Crippen LogP contribution in [0.25, 0.3) is 0 Å². The smallest absolute Gasteiger partial charge is 0.150 e. The molecule has 0 aromatic carbocycles. The highest BCUT2D eigenvalue weighted by Crippen LogP contribution is 2.47. The monoisotopic (exact) mass is 191 g/mol. The number of hydrogen-bond acceptors (Lipinski definition) is 3. The standard InChI is InChI=1S/C8H17NO2S/c1-2-12(10,11)6-5-8(7-9)3-4-8/h2-7,9H2,1H3. The zero-order valence-electron chi connectivity index (χ0n) is 7.54. The average Bonchev–Trinajstić information content (AvgIpc) is 2.82. The maximum atomic E-state index is 11.1. The molecule has 1 rings (SSSR count). The molecule has 1 aliphatic carbocycles. The molecule has 0 radical (unpaired) electrons. The predicted molar refractivity (Wildman–Crippen MR) is 49.7 cm³/mol. The van der Waals surface area contributed by atoms with Crippen LogP contribution >= 0.6 is 0 Å². The third kappa shape index (κ3) is 2.45. The van der Waals surface area contributed by atoms with Crippen LogP contribution < -0.4 is 5.73 Å². The van der Waals surface area contributed by atoms with Crippen molar-refractivity contribution in [2.75, 3.05) is 18.1 Å². The normalized spacial score (nSPS) is 20.8. The molecule has 1 saturated carbocycles. The minimum atomic E-state index is -2.78. The highest BCUT2D eigenvalue weighted by atomic mass is 32.2. The Bertz CT molecular complexity index is 242. The SMILES string of the molecule is CCS(=O)(=O)CCC1(CN)CC1. The van der Waals surface area contributed by atoms with Crippen molar-refractivity contribution < 1.29 is 8.42 Å². The highest BCUT2D eigenvalue weighted by molar-refractivity contribution is 7.91. The third-order valence-corrected chi connectivity index (χ3v) is 4.48. The lowest BCUT2D eigenvalue weighted by Gasteiger charge is -2.10. The van der Waals surface area contributed by atoms with Gasteiger partial charge in [0.05, 0.1) is 5.75 Å². The van der Waals surface area contributed by atoms with Gasteiger partial charge in [0, 0.05) is 5.75 Å². The summed E-state index contributed by atoms with van der Waals surface area (Å²) in [4.78, 5) is 0. The lowest BCUT2D eigenvalue weighted by Crippen LogP contribution is -2.20. The van der Waals surface area contributed by atoms with Crippen molar-refractivity contribution in [2.45, 2.75) is 26.2 Å². The maximum Gasteiger partial charge on any atom is 0.150 e. The Morgan fingerprint density at radius 3 is 2.33 bits per heavy atom. The van der Waals surface area contributed by atoms with E-state index < -0.39 is 9.84 Å². The Morgan fingerprint density at radius 1 is 1.42 bits per heavy atom. The van der Waals surface area contributed by atoms with Crippen molar-refractivity contribution in [3.63, 3.8) is 0 Å². The van der Waals surface area contributed by atoms with Gasteiger partial charge in [-0.2, -0.15) is 0 Å². The number of rotatable bonds is 5. The van der Waals surface area contributed by atoms with Crippen LogP contribution in [0.5, 0.6) is 0 Å². The molecule has 4 heteroatoms. The first-order valence-corrected chi connectivity index (χ1v) is 6.26. The van der Waals surface area contributed by atoms with Crippen LogP contribution in [0, 0.1) is 5.41 Å². The highest BCUT2D eigenvalue weighted by Gasteiger charge is 2.41. The van der Waals surface area contributed by atoms with E-state index in [1.807, 2.05) is 0 Å². The molecule has 1 fully saturated rings. The molecule has 0 aromatic heterocycles. The first kappa shape index (κ1) is 9.99. The third-order valence-electron chi connectivity index (χ3n) is 2.77. The molecule has 0 atom stereocenters. The van der Waals surface area contributed by atoms with E-state index in [9.17, 15) is 8.42 Å². The fourth-order valence-corrected chi connectivity index (χ4v) is 2.28. The van der Waals surface area contributed by atoms with E-state index in [-0.39, 0.29) is 11.2 Å². The molecule has 12 heavy (non-hydrogen) atoms. The Balaban J connectivity index is 2.35. The van der Waals surface area contributed by atoms with Gasteiger partial charge in [-0.25, -0.2) is 8.42 Å². The molecule has 0 aliphatic heterocycles. The Morgan fingerprint density at radius 2 is 2.00 bits per heavy atom. The van der Waals surface area contributed by atoms with Gasteiger partial charge in [-0.3, -0.25) is 0 Å². The molecule has 0 aromatic rings. The molecule has 3 nitrogen and oxygen atoms in total. The molecular weight excluding hydrogens is 174 g/mol. The minimum Gasteiger partial charge on any atom is -0.330 e. The second kappa shape index (κ2) is 3.34. The molecule has 0 saturated heterocycles. The van der Waals surface area contributed by atoms with Crippen LogP contribution in [0.4, 0.5) is 0 Å². The van der Waals surface area contributed by atoms with Gasteiger partial charge in [-0.1, -0.05) is 6.92 Å². The van der Waals surface area contributed by atoms with Crippen molar-refractivity contribution in [3.05, 3.63) is 0 Å². The first-order chi connectivity index (χ1) is 5.54. The Kier molecular flexibility index (Phi) is 2.78. The molecule has 0 bridgehead atoms. The van der Waals surface area contributed by atoms with E-state index >= 15 is 0 Å². The number of nitrogens with two attached hydrogens (primary N) is 1. The minimum absolute atomic E-state index is 0.197. The second-order valence-electron chi connectivity index (χ2n) is 3.69. The van der Waals surface area contributed by atoms with E-state index in [4.69, 9.17) is 5.73 Å². The second-order valence-corrected chi connectivity index (χ2v) is 6.16. The summed E-state index contributed by atoms with van der Waals surface area (Å²) in [5, 5.41) is 0. The molecule has 0 heterocycles. The maximum absolute atomic E-state index is 11.1. The molecule has 0 unspecified atom stereocenters. The fraction of sp³-hybridized carbons (Fsp3) is 1.00. The van der Waals surface area contributed by atoms with Gasteiger partial charge in [0.25, 0.3) is 0 Å². The van der Waals surface area contributed by atoms with Crippen molar-refractivity contribution >= 4 is 9.84 Å². The number of sulfone groups is 1. The molecule has 2 N–H and O–H groups in total. The predicted octanol–water partition coefficient (Wildman–Crippen LogP) is 0.550. The molecule has 72 valence electrons. The van der Waals surface area contributed by atoms with Crippen LogP contribution in [0.2, 0.25) is 0 Å². The quantitative estimate of drug-likeness (QED) is 0.690. The van der Waals surface area contributed by atoms with Crippen LogP contribution in [-0.2, 0) is 9.84 Å². The number of hydrogen-bond donors (Lipinski definition) is 1. The van der Waals surface area contributed by atoms with E-state index in [2.05, 4.69) is 0 Å². The summed E-state index contributed by atoms with van der Waals surface area (Å²) < 4.78 is 22.3. The van der Waals surface area contributed by atoms with Gasteiger partial charge in [0.2, 0.25) is 0 Å². The zero-order valence-corrected chi connectivity index (χ0v) is 8.36. The van der Waals surface area contributed by atoms with Crippen LogP contribution in [0.3, 0.4) is 0 Å². The summed E-state index contributed by atoms with van der Waals surface area (Å²) in [5.74, 6) is 0.578. The van der Waals surface area contributed by atoms with Crippen molar-refractivity contribution in [1.82, 2.24) is 0 Å². The Labute approximate surface area is 74.3 Å². The Hall–Kier alpha value is -0.0900. The summed E-state index contributed by atoms with van der Waals surface area (Å²) in [6.07, 6.45) is 2.99. The van der Waals surface area contributed by atoms with E-state index in [1.54, 1.807) is 6.92 Å². The molecule has 1 aliphatic rings. The topological polar surface area (TPSA) is 60.2 Å². The van der Waals surface area contributed by atoms with Gasteiger partial charge in [-0.15, -0.1) is 0 Å². The molecule has 0 amide bonds. The first-order valence-electron chi connectivity index (χ1n) is 4.44. The van der Waals surface area contributed by atoms with Gasteiger partial charge in [0.15, 0.2) is 0 Å². The van der Waals surface area contributed by atoms with E-state index in [0.717, 1.165) is 19.3 Å². The van der Waals surface area contributed by atoms with Crippen LogP contribution in [0.15, 0.2) is 0 Å². The summed E-state index contributed by atoms with van der Waals surface area (Å²) in [5.41, 5.74) is 5.74. The van der Waals surface area contributed by atoms with Crippen LogP contribution in [0.1, 0.15) is 26.2 Å². The van der Waals surface area contributed by atoms with Gasteiger partial charge < -0.3 is 5.73 Å². The zero-order chi connectivity index (χ0) is 9.24.